The number of H-pyrrole nitrogens is 1. The number of amides is 1. The minimum Gasteiger partial charge on any atom is -0.481 e. The lowest BCUT2D eigenvalue weighted by atomic mass is 9.95. The first-order valence-corrected chi connectivity index (χ1v) is 9.16. The zero-order valence-electron chi connectivity index (χ0n) is 15.8. The Labute approximate surface area is 166 Å². The monoisotopic (exact) mass is 395 g/mol. The van der Waals surface area contributed by atoms with E-state index in [0.29, 0.717) is 6.42 Å². The van der Waals surface area contributed by atoms with Gasteiger partial charge in [0.15, 0.2) is 0 Å². The zero-order valence-corrected chi connectivity index (χ0v) is 15.8. The van der Waals surface area contributed by atoms with Gasteiger partial charge in [-0.15, -0.1) is 0 Å². The van der Waals surface area contributed by atoms with Crippen LogP contribution in [0.1, 0.15) is 29.5 Å². The van der Waals surface area contributed by atoms with Gasteiger partial charge in [0.25, 0.3) is 5.91 Å². The Morgan fingerprint density at radius 2 is 1.76 bits per heavy atom. The lowest BCUT2D eigenvalue weighted by Crippen LogP contribution is -2.39. The molecule has 0 fully saturated rings. The number of carboxylic acid groups (broad SMARTS) is 1. The van der Waals surface area contributed by atoms with E-state index in [4.69, 9.17) is 0 Å². The molecule has 29 heavy (non-hydrogen) atoms. The lowest BCUT2D eigenvalue weighted by Gasteiger charge is -2.20. The number of carbonyl (C=O) groups is 2. The smallest absolute Gasteiger partial charge is 0.439 e. The van der Waals surface area contributed by atoms with Gasteiger partial charge < -0.3 is 10.4 Å². The number of benzene rings is 2. The van der Waals surface area contributed by atoms with Gasteiger partial charge in [-0.25, -0.2) is 4.79 Å². The summed E-state index contributed by atoms with van der Waals surface area (Å²) < 4.78 is 4.34. The standard InChI is InChI=1S/C21H21N3O5/c1-13(20(26)27)11-17(22-19(25)18-23-21(28)29-24-18)12-14-7-9-16(10-8-14)15-5-3-2-4-6-15/h2-10,13,17H,11-12H2,1H3,(H,22,25)(H,26,27)(H,23,24,28)/t13-,17?/m1/s1. The number of aromatic nitrogens is 2. The molecule has 3 aromatic rings. The van der Waals surface area contributed by atoms with E-state index >= 15 is 0 Å². The second kappa shape index (κ2) is 9.01. The van der Waals surface area contributed by atoms with E-state index in [1.807, 2.05) is 54.6 Å². The number of hydrogen-bond donors (Lipinski definition) is 3. The van der Waals surface area contributed by atoms with Crippen LogP contribution in [0.5, 0.6) is 0 Å². The summed E-state index contributed by atoms with van der Waals surface area (Å²) in [5.74, 6) is -3.30. The average molecular weight is 395 g/mol. The predicted octanol–water partition coefficient (Wildman–Crippen LogP) is 2.48. The van der Waals surface area contributed by atoms with E-state index < -0.39 is 29.6 Å². The normalized spacial score (nSPS) is 12.9. The Bertz CT molecular complexity index is 1020. The summed E-state index contributed by atoms with van der Waals surface area (Å²) in [6.07, 6.45) is 0.657. The van der Waals surface area contributed by atoms with E-state index in [-0.39, 0.29) is 12.2 Å². The molecule has 150 valence electrons. The zero-order chi connectivity index (χ0) is 20.8. The lowest BCUT2D eigenvalue weighted by molar-refractivity contribution is -0.141. The number of carbonyl (C=O) groups excluding carboxylic acids is 1. The van der Waals surface area contributed by atoms with Crippen molar-refractivity contribution in [2.45, 2.75) is 25.8 Å². The van der Waals surface area contributed by atoms with Crippen LogP contribution in [0, 0.1) is 5.92 Å². The van der Waals surface area contributed by atoms with Crippen molar-refractivity contribution in [3.63, 3.8) is 0 Å². The van der Waals surface area contributed by atoms with Crippen LogP contribution >= 0.6 is 0 Å². The molecule has 0 radical (unpaired) electrons. The first kappa shape index (κ1) is 20.1. The molecule has 3 rings (SSSR count). The molecule has 0 bridgehead atoms. The third-order valence-corrected chi connectivity index (χ3v) is 4.59. The molecule has 1 unspecified atom stereocenters. The van der Waals surface area contributed by atoms with E-state index in [1.54, 1.807) is 6.92 Å². The fourth-order valence-corrected chi connectivity index (χ4v) is 3.05. The second-order valence-corrected chi connectivity index (χ2v) is 6.86. The Kier molecular flexibility index (Phi) is 6.23. The molecule has 0 aliphatic rings. The molecule has 2 atom stereocenters. The van der Waals surface area contributed by atoms with Gasteiger partial charge in [0, 0.05) is 6.04 Å². The summed E-state index contributed by atoms with van der Waals surface area (Å²) in [5.41, 5.74) is 3.11. The van der Waals surface area contributed by atoms with E-state index in [9.17, 15) is 19.5 Å². The molecule has 0 saturated carbocycles. The second-order valence-electron chi connectivity index (χ2n) is 6.86. The minimum atomic E-state index is -0.946. The van der Waals surface area contributed by atoms with Gasteiger partial charge in [-0.2, -0.15) is 0 Å². The highest BCUT2D eigenvalue weighted by molar-refractivity contribution is 5.90. The molecule has 0 aliphatic carbocycles. The molecule has 8 heteroatoms. The topological polar surface area (TPSA) is 125 Å². The molecule has 0 spiro atoms. The highest BCUT2D eigenvalue weighted by atomic mass is 16.5. The first-order chi connectivity index (χ1) is 13.9. The highest BCUT2D eigenvalue weighted by Crippen LogP contribution is 2.20. The SMILES string of the molecule is C[C@H](CC(Cc1ccc(-c2ccccc2)cc1)NC(=O)c1noc(=O)[nH]1)C(=O)O. The number of nitrogens with one attached hydrogen (secondary N) is 2. The number of nitrogens with zero attached hydrogens (tertiary/aromatic N) is 1. The molecule has 2 aromatic carbocycles. The van der Waals surface area contributed by atoms with Gasteiger partial charge >= 0.3 is 11.7 Å². The predicted molar refractivity (Wildman–Crippen MR) is 105 cm³/mol. The van der Waals surface area contributed by atoms with Crippen molar-refractivity contribution in [3.05, 3.63) is 76.5 Å². The van der Waals surface area contributed by atoms with Crippen LogP contribution in [0.15, 0.2) is 63.9 Å². The van der Waals surface area contributed by atoms with Crippen LogP contribution in [-0.2, 0) is 11.2 Å². The maximum absolute atomic E-state index is 12.3. The number of hydrogen-bond acceptors (Lipinski definition) is 5. The molecular formula is C21H21N3O5. The fourth-order valence-electron chi connectivity index (χ4n) is 3.05. The maximum atomic E-state index is 12.3. The molecule has 8 nitrogen and oxygen atoms in total. The van der Waals surface area contributed by atoms with Crippen LogP contribution in [-0.4, -0.2) is 33.2 Å². The first-order valence-electron chi connectivity index (χ1n) is 9.16. The van der Waals surface area contributed by atoms with Crippen molar-refractivity contribution in [2.75, 3.05) is 0 Å². The number of carboxylic acids is 1. The van der Waals surface area contributed by atoms with Gasteiger partial charge in [0.2, 0.25) is 5.82 Å². The van der Waals surface area contributed by atoms with Crippen LogP contribution in [0.4, 0.5) is 0 Å². The van der Waals surface area contributed by atoms with E-state index in [0.717, 1.165) is 16.7 Å². The van der Waals surface area contributed by atoms with Gasteiger partial charge in [-0.05, 0) is 34.7 Å². The summed E-state index contributed by atoms with van der Waals surface area (Å²) >= 11 is 0. The van der Waals surface area contributed by atoms with Gasteiger partial charge in [-0.3, -0.25) is 19.1 Å². The van der Waals surface area contributed by atoms with Crippen LogP contribution in [0.25, 0.3) is 11.1 Å². The summed E-state index contributed by atoms with van der Waals surface area (Å²) in [7, 11) is 0. The Balaban J connectivity index is 1.74. The molecular weight excluding hydrogens is 374 g/mol. The molecule has 0 saturated heterocycles. The van der Waals surface area contributed by atoms with Crippen molar-refractivity contribution in [1.82, 2.24) is 15.5 Å². The largest absolute Gasteiger partial charge is 0.481 e. The molecule has 1 amide bonds. The van der Waals surface area contributed by atoms with Crippen LogP contribution in [0.3, 0.4) is 0 Å². The van der Waals surface area contributed by atoms with Crippen LogP contribution < -0.4 is 11.1 Å². The fraction of sp³-hybridized carbons (Fsp3) is 0.238. The maximum Gasteiger partial charge on any atom is 0.439 e. The van der Waals surface area contributed by atoms with Gasteiger partial charge in [0.1, 0.15) is 0 Å². The van der Waals surface area contributed by atoms with E-state index in [1.165, 1.54) is 0 Å². The van der Waals surface area contributed by atoms with Crippen LogP contribution in [0.2, 0.25) is 0 Å². The molecule has 1 heterocycles. The van der Waals surface area contributed by atoms with Gasteiger partial charge in [-0.1, -0.05) is 61.5 Å². The Morgan fingerprint density at radius 3 is 2.34 bits per heavy atom. The van der Waals surface area contributed by atoms with E-state index in [2.05, 4.69) is 20.0 Å². The third-order valence-electron chi connectivity index (χ3n) is 4.59. The highest BCUT2D eigenvalue weighted by Gasteiger charge is 2.22. The Hall–Kier alpha value is -3.68. The Morgan fingerprint density at radius 1 is 1.10 bits per heavy atom. The number of aromatic amines is 1. The van der Waals surface area contributed by atoms with Crippen molar-refractivity contribution in [2.24, 2.45) is 5.92 Å². The van der Waals surface area contributed by atoms with Crippen molar-refractivity contribution >= 4 is 11.9 Å². The summed E-state index contributed by atoms with van der Waals surface area (Å²) in [4.78, 5) is 36.8. The minimum absolute atomic E-state index is 0.226. The third kappa shape index (κ3) is 5.41. The number of rotatable bonds is 8. The van der Waals surface area contributed by atoms with Crippen molar-refractivity contribution < 1.29 is 19.2 Å². The average Bonchev–Trinajstić information content (AvgIpc) is 3.15. The summed E-state index contributed by atoms with van der Waals surface area (Å²) in [6, 6.07) is 17.3. The number of aliphatic carboxylic acids is 1. The van der Waals surface area contributed by atoms with Gasteiger partial charge in [0.05, 0.1) is 5.92 Å². The molecule has 1 aromatic heterocycles. The molecule has 0 aliphatic heterocycles. The quantitative estimate of drug-likeness (QED) is 0.538. The van der Waals surface area contributed by atoms with Crippen molar-refractivity contribution in [1.29, 1.82) is 0 Å². The van der Waals surface area contributed by atoms with Crippen molar-refractivity contribution in [3.8, 4) is 11.1 Å². The molecule has 3 N–H and O–H groups in total. The summed E-state index contributed by atoms with van der Waals surface area (Å²) in [5, 5.41) is 15.3. The summed E-state index contributed by atoms with van der Waals surface area (Å²) in [6.45, 7) is 1.58.